The van der Waals surface area contributed by atoms with Crippen molar-refractivity contribution >= 4 is 5.69 Å². The van der Waals surface area contributed by atoms with Crippen LogP contribution in [0.4, 0.5) is 5.69 Å². The number of para-hydroxylation sites is 1. The third kappa shape index (κ3) is 3.84. The molecule has 2 aromatic rings. The molecule has 2 unspecified atom stereocenters. The van der Waals surface area contributed by atoms with Gasteiger partial charge >= 0.3 is 0 Å². The van der Waals surface area contributed by atoms with Crippen molar-refractivity contribution in [2.45, 2.75) is 46.1 Å². The van der Waals surface area contributed by atoms with Crippen LogP contribution in [-0.2, 0) is 7.05 Å². The molecule has 0 aliphatic carbocycles. The summed E-state index contributed by atoms with van der Waals surface area (Å²) < 4.78 is 1.95. The molecule has 0 spiro atoms. The van der Waals surface area contributed by atoms with Crippen molar-refractivity contribution in [3.05, 3.63) is 30.6 Å². The molecule has 1 aromatic heterocycles. The topological polar surface area (TPSA) is 42.7 Å². The first-order valence-corrected chi connectivity index (χ1v) is 7.85. The monoisotopic (exact) mass is 286 g/mol. The minimum absolute atomic E-state index is 0.495. The molecular weight excluding hydrogens is 260 g/mol. The van der Waals surface area contributed by atoms with Crippen LogP contribution < -0.4 is 5.32 Å². The summed E-state index contributed by atoms with van der Waals surface area (Å²) in [5, 5.41) is 11.9. The Morgan fingerprint density at radius 2 is 1.95 bits per heavy atom. The molecule has 1 N–H and O–H groups in total. The van der Waals surface area contributed by atoms with E-state index in [1.54, 1.807) is 6.33 Å². The van der Waals surface area contributed by atoms with E-state index in [4.69, 9.17) is 0 Å². The normalized spacial score (nSPS) is 13.9. The Morgan fingerprint density at radius 3 is 2.57 bits per heavy atom. The van der Waals surface area contributed by atoms with Crippen LogP contribution in [0, 0.1) is 5.92 Å². The van der Waals surface area contributed by atoms with Gasteiger partial charge in [0.15, 0.2) is 5.82 Å². The lowest BCUT2D eigenvalue weighted by molar-refractivity contribution is 0.462. The summed E-state index contributed by atoms with van der Waals surface area (Å²) >= 11 is 0. The maximum absolute atomic E-state index is 4.23. The fourth-order valence-electron chi connectivity index (χ4n) is 2.53. The van der Waals surface area contributed by atoms with Crippen molar-refractivity contribution < 1.29 is 0 Å². The van der Waals surface area contributed by atoms with E-state index in [0.29, 0.717) is 6.04 Å². The predicted molar refractivity (Wildman–Crippen MR) is 88.2 cm³/mol. The fraction of sp³-hybridized carbons (Fsp3) is 0.529. The highest BCUT2D eigenvalue weighted by atomic mass is 15.2. The minimum atomic E-state index is 0.495. The molecule has 114 valence electrons. The van der Waals surface area contributed by atoms with Gasteiger partial charge < -0.3 is 9.88 Å². The van der Waals surface area contributed by atoms with E-state index in [1.165, 1.54) is 12.8 Å². The van der Waals surface area contributed by atoms with Gasteiger partial charge in [-0.25, -0.2) is 0 Å². The third-order valence-electron chi connectivity index (χ3n) is 4.12. The minimum Gasteiger partial charge on any atom is -0.382 e. The Labute approximate surface area is 127 Å². The van der Waals surface area contributed by atoms with E-state index >= 15 is 0 Å². The third-order valence-corrected chi connectivity index (χ3v) is 4.12. The molecule has 0 bridgehead atoms. The second-order valence-corrected chi connectivity index (χ2v) is 5.81. The average molecular weight is 286 g/mol. The maximum atomic E-state index is 4.23. The Balaban J connectivity index is 2.22. The molecule has 0 amide bonds. The van der Waals surface area contributed by atoms with Crippen LogP contribution in [0.25, 0.3) is 11.4 Å². The number of rotatable bonds is 7. The molecule has 0 radical (unpaired) electrons. The SMILES string of the molecule is CCC(C)CC(CC)Nc1ccccc1-c1nncn1C. The van der Waals surface area contributed by atoms with Crippen LogP contribution in [0.3, 0.4) is 0 Å². The van der Waals surface area contributed by atoms with Crippen LogP contribution >= 0.6 is 0 Å². The fourth-order valence-corrected chi connectivity index (χ4v) is 2.53. The van der Waals surface area contributed by atoms with Crippen LogP contribution in [0.15, 0.2) is 30.6 Å². The predicted octanol–water partition coefficient (Wildman–Crippen LogP) is 4.11. The summed E-state index contributed by atoms with van der Waals surface area (Å²) in [6.07, 6.45) is 5.28. The average Bonchev–Trinajstić information content (AvgIpc) is 2.92. The highest BCUT2D eigenvalue weighted by Crippen LogP contribution is 2.27. The van der Waals surface area contributed by atoms with Crippen molar-refractivity contribution in [1.82, 2.24) is 14.8 Å². The van der Waals surface area contributed by atoms with E-state index in [1.807, 2.05) is 17.7 Å². The molecule has 0 aliphatic heterocycles. The van der Waals surface area contributed by atoms with Gasteiger partial charge in [-0.15, -0.1) is 10.2 Å². The number of aromatic nitrogens is 3. The van der Waals surface area contributed by atoms with Crippen molar-refractivity contribution in [3.8, 4) is 11.4 Å². The number of benzene rings is 1. The van der Waals surface area contributed by atoms with Crippen LogP contribution in [0.2, 0.25) is 0 Å². The number of hydrogen-bond acceptors (Lipinski definition) is 3. The number of nitrogens with zero attached hydrogens (tertiary/aromatic N) is 3. The van der Waals surface area contributed by atoms with E-state index in [2.05, 4.69) is 54.5 Å². The van der Waals surface area contributed by atoms with Gasteiger partial charge in [-0.1, -0.05) is 39.3 Å². The van der Waals surface area contributed by atoms with E-state index in [9.17, 15) is 0 Å². The number of nitrogens with one attached hydrogen (secondary N) is 1. The Kier molecular flexibility index (Phi) is 5.37. The first kappa shape index (κ1) is 15.5. The zero-order valence-electron chi connectivity index (χ0n) is 13.5. The zero-order chi connectivity index (χ0) is 15.2. The Hall–Kier alpha value is -1.84. The lowest BCUT2D eigenvalue weighted by Gasteiger charge is -2.23. The van der Waals surface area contributed by atoms with Gasteiger partial charge in [0.2, 0.25) is 0 Å². The van der Waals surface area contributed by atoms with Gasteiger partial charge in [0, 0.05) is 24.3 Å². The number of aryl methyl sites for hydroxylation is 1. The molecule has 0 saturated carbocycles. The van der Waals surface area contributed by atoms with Gasteiger partial charge in [0.05, 0.1) is 0 Å². The van der Waals surface area contributed by atoms with E-state index in [-0.39, 0.29) is 0 Å². The largest absolute Gasteiger partial charge is 0.382 e. The summed E-state index contributed by atoms with van der Waals surface area (Å²) in [6.45, 7) is 6.81. The van der Waals surface area contributed by atoms with Crippen molar-refractivity contribution in [3.63, 3.8) is 0 Å². The van der Waals surface area contributed by atoms with E-state index < -0.39 is 0 Å². The summed E-state index contributed by atoms with van der Waals surface area (Å²) in [4.78, 5) is 0. The summed E-state index contributed by atoms with van der Waals surface area (Å²) in [5.74, 6) is 1.64. The maximum Gasteiger partial charge on any atom is 0.165 e. The quantitative estimate of drug-likeness (QED) is 0.833. The second kappa shape index (κ2) is 7.25. The van der Waals surface area contributed by atoms with Crippen molar-refractivity contribution in [2.75, 3.05) is 5.32 Å². The van der Waals surface area contributed by atoms with Gasteiger partial charge in [-0.05, 0) is 30.9 Å². The summed E-state index contributed by atoms with van der Waals surface area (Å²) in [7, 11) is 1.97. The number of anilines is 1. The molecule has 0 saturated heterocycles. The molecule has 2 atom stereocenters. The summed E-state index contributed by atoms with van der Waals surface area (Å²) in [6, 6.07) is 8.84. The van der Waals surface area contributed by atoms with Crippen molar-refractivity contribution in [1.29, 1.82) is 0 Å². The van der Waals surface area contributed by atoms with Crippen LogP contribution in [0.5, 0.6) is 0 Å². The van der Waals surface area contributed by atoms with Crippen molar-refractivity contribution in [2.24, 2.45) is 13.0 Å². The molecule has 1 aromatic carbocycles. The molecule has 0 fully saturated rings. The molecular formula is C17H26N4. The van der Waals surface area contributed by atoms with Gasteiger partial charge in [0.25, 0.3) is 0 Å². The standard InChI is InChI=1S/C17H26N4/c1-5-13(3)11-14(6-2)19-16-10-8-7-9-15(16)17-20-18-12-21(17)4/h7-10,12-14,19H,5-6,11H2,1-4H3. The van der Waals surface area contributed by atoms with Gasteiger partial charge in [-0.3, -0.25) is 0 Å². The number of hydrogen-bond donors (Lipinski definition) is 1. The molecule has 21 heavy (non-hydrogen) atoms. The van der Waals surface area contributed by atoms with Crippen LogP contribution in [0.1, 0.15) is 40.0 Å². The zero-order valence-corrected chi connectivity index (χ0v) is 13.5. The second-order valence-electron chi connectivity index (χ2n) is 5.81. The van der Waals surface area contributed by atoms with E-state index in [0.717, 1.165) is 29.4 Å². The lowest BCUT2D eigenvalue weighted by atomic mass is 9.97. The Bertz CT molecular complexity index is 561. The van der Waals surface area contributed by atoms with Gasteiger partial charge in [0.1, 0.15) is 6.33 Å². The molecule has 4 nitrogen and oxygen atoms in total. The molecule has 2 rings (SSSR count). The summed E-state index contributed by atoms with van der Waals surface area (Å²) in [5.41, 5.74) is 2.25. The van der Waals surface area contributed by atoms with Crippen LogP contribution in [-0.4, -0.2) is 20.8 Å². The molecule has 0 aliphatic rings. The highest BCUT2D eigenvalue weighted by molar-refractivity contribution is 5.73. The van der Waals surface area contributed by atoms with Gasteiger partial charge in [-0.2, -0.15) is 0 Å². The first-order chi connectivity index (χ1) is 10.2. The highest BCUT2D eigenvalue weighted by Gasteiger charge is 2.14. The Morgan fingerprint density at radius 1 is 1.19 bits per heavy atom. The first-order valence-electron chi connectivity index (χ1n) is 7.85. The molecule has 4 heteroatoms. The molecule has 1 heterocycles. The smallest absolute Gasteiger partial charge is 0.165 e. The lowest BCUT2D eigenvalue weighted by Crippen LogP contribution is -2.21.